The number of carbonyl (C=O) groups is 3. The maximum Gasteiger partial charge on any atom is 0.323 e. The molecule has 0 fully saturated rings. The molecule has 8 heteroatoms. The molecule has 0 aliphatic carbocycles. The number of nitrogens with one attached hydrogen (secondary N) is 2. The van der Waals surface area contributed by atoms with Crippen LogP contribution >= 0.6 is 0 Å². The van der Waals surface area contributed by atoms with Gasteiger partial charge in [0.1, 0.15) is 6.04 Å². The van der Waals surface area contributed by atoms with E-state index in [2.05, 4.69) is 10.6 Å². The Morgan fingerprint density at radius 3 is 1.88 bits per heavy atom. The van der Waals surface area contributed by atoms with Gasteiger partial charge in [0.25, 0.3) is 0 Å². The lowest BCUT2D eigenvalue weighted by molar-refractivity contribution is -0.141. The summed E-state index contributed by atoms with van der Waals surface area (Å²) in [5, 5.41) is 23.4. The number of hydrogen-bond acceptors (Lipinski definition) is 4. The van der Waals surface area contributed by atoms with Crippen molar-refractivity contribution in [3.8, 4) is 0 Å². The van der Waals surface area contributed by atoms with E-state index in [-0.39, 0.29) is 6.42 Å². The van der Waals surface area contributed by atoms with Crippen LogP contribution in [0.25, 0.3) is 0 Å². The minimum Gasteiger partial charge on any atom is -0.481 e. The summed E-state index contributed by atoms with van der Waals surface area (Å²) in [4.78, 5) is 34.2. The first-order valence-corrected chi connectivity index (χ1v) is 7.81. The van der Waals surface area contributed by atoms with Crippen molar-refractivity contribution in [1.82, 2.24) is 0 Å². The third kappa shape index (κ3) is 5.32. The smallest absolute Gasteiger partial charge is 0.323 e. The van der Waals surface area contributed by atoms with Crippen molar-refractivity contribution < 1.29 is 24.6 Å². The van der Waals surface area contributed by atoms with Gasteiger partial charge in [-0.15, -0.1) is 0 Å². The Bertz CT molecular complexity index is 777. The molecule has 0 bridgehead atoms. The Labute approximate surface area is 149 Å². The number of amides is 2. The molecule has 8 nitrogen and oxygen atoms in total. The van der Waals surface area contributed by atoms with Gasteiger partial charge in [-0.25, -0.2) is 4.79 Å². The minimum atomic E-state index is -1.27. The fourth-order valence-corrected chi connectivity index (χ4v) is 2.35. The quantitative estimate of drug-likeness (QED) is 0.515. The predicted molar refractivity (Wildman–Crippen MR) is 96.1 cm³/mol. The van der Waals surface area contributed by atoms with E-state index in [9.17, 15) is 19.5 Å². The molecular formula is C18H19N3O5. The minimum absolute atomic E-state index is 0.230. The van der Waals surface area contributed by atoms with Gasteiger partial charge in [0.2, 0.25) is 0 Å². The molecule has 0 aliphatic rings. The number of benzene rings is 2. The molecule has 0 spiro atoms. The largest absolute Gasteiger partial charge is 0.481 e. The number of carboxylic acids is 2. The van der Waals surface area contributed by atoms with Crippen molar-refractivity contribution in [3.05, 3.63) is 60.2 Å². The van der Waals surface area contributed by atoms with Gasteiger partial charge in [0.05, 0.1) is 5.92 Å². The molecule has 6 N–H and O–H groups in total. The Hall–Kier alpha value is -3.39. The molecule has 0 aromatic heterocycles. The summed E-state index contributed by atoms with van der Waals surface area (Å²) >= 11 is 0. The van der Waals surface area contributed by atoms with Crippen LogP contribution < -0.4 is 16.4 Å². The Morgan fingerprint density at radius 1 is 0.846 bits per heavy atom. The van der Waals surface area contributed by atoms with Gasteiger partial charge in [-0.05, 0) is 36.2 Å². The van der Waals surface area contributed by atoms with E-state index >= 15 is 0 Å². The topological polar surface area (TPSA) is 142 Å². The van der Waals surface area contributed by atoms with Crippen molar-refractivity contribution >= 4 is 29.3 Å². The number of carboxylic acid groups (broad SMARTS) is 2. The van der Waals surface area contributed by atoms with E-state index in [1.807, 2.05) is 6.07 Å². The van der Waals surface area contributed by atoms with Crippen LogP contribution in [0.1, 0.15) is 17.9 Å². The molecule has 136 valence electrons. The van der Waals surface area contributed by atoms with Crippen LogP contribution in [0, 0.1) is 0 Å². The lowest BCUT2D eigenvalue weighted by Crippen LogP contribution is -2.33. The summed E-state index contributed by atoms with van der Waals surface area (Å²) in [6.45, 7) is 0. The van der Waals surface area contributed by atoms with Crippen molar-refractivity contribution in [1.29, 1.82) is 0 Å². The highest BCUT2D eigenvalue weighted by Crippen LogP contribution is 2.23. The lowest BCUT2D eigenvalue weighted by Gasteiger charge is -2.16. The van der Waals surface area contributed by atoms with Crippen molar-refractivity contribution in [3.63, 3.8) is 0 Å². The molecular weight excluding hydrogens is 338 g/mol. The van der Waals surface area contributed by atoms with E-state index in [1.54, 1.807) is 36.4 Å². The number of hydrogen-bond donors (Lipinski definition) is 5. The van der Waals surface area contributed by atoms with Crippen LogP contribution in [0.2, 0.25) is 0 Å². The zero-order valence-corrected chi connectivity index (χ0v) is 13.8. The van der Waals surface area contributed by atoms with Crippen molar-refractivity contribution in [2.45, 2.75) is 18.4 Å². The Balaban J connectivity index is 2.02. The van der Waals surface area contributed by atoms with Gasteiger partial charge in [-0.3, -0.25) is 9.59 Å². The summed E-state index contributed by atoms with van der Waals surface area (Å²) in [6, 6.07) is 13.3. The van der Waals surface area contributed by atoms with Crippen LogP contribution in [-0.4, -0.2) is 34.2 Å². The third-order valence-corrected chi connectivity index (χ3v) is 3.71. The number of anilines is 2. The molecule has 0 saturated carbocycles. The zero-order chi connectivity index (χ0) is 19.1. The number of rotatable bonds is 7. The zero-order valence-electron chi connectivity index (χ0n) is 13.8. The molecule has 0 heterocycles. The number of aliphatic carboxylic acids is 2. The van der Waals surface area contributed by atoms with E-state index in [0.29, 0.717) is 16.9 Å². The van der Waals surface area contributed by atoms with Gasteiger partial charge < -0.3 is 26.6 Å². The SMILES string of the molecule is N[C@H](C[C@H](C(=O)O)c1ccc(NC(=O)Nc2ccccc2)cc1)C(=O)O. The average Bonchev–Trinajstić information content (AvgIpc) is 2.60. The van der Waals surface area contributed by atoms with Gasteiger partial charge in [0, 0.05) is 11.4 Å². The Kier molecular flexibility index (Phi) is 6.29. The summed E-state index contributed by atoms with van der Waals surface area (Å²) in [7, 11) is 0. The van der Waals surface area contributed by atoms with E-state index in [0.717, 1.165) is 0 Å². The van der Waals surface area contributed by atoms with Crippen molar-refractivity contribution in [2.75, 3.05) is 10.6 Å². The van der Waals surface area contributed by atoms with E-state index < -0.39 is 29.9 Å². The molecule has 0 unspecified atom stereocenters. The molecule has 2 amide bonds. The highest BCUT2D eigenvalue weighted by atomic mass is 16.4. The Morgan fingerprint density at radius 2 is 1.38 bits per heavy atom. The van der Waals surface area contributed by atoms with Crippen LogP contribution in [0.4, 0.5) is 16.2 Å². The first kappa shape index (κ1) is 18.9. The number of para-hydroxylation sites is 1. The first-order chi connectivity index (χ1) is 12.4. The summed E-state index contributed by atoms with van der Waals surface area (Å²) in [5.74, 6) is -3.47. The molecule has 0 saturated heterocycles. The fourth-order valence-electron chi connectivity index (χ4n) is 2.35. The summed E-state index contributed by atoms with van der Waals surface area (Å²) in [5.41, 5.74) is 6.94. The standard InChI is InChI=1S/C18H19N3O5/c19-15(17(24)25)10-14(16(22)23)11-6-8-13(9-7-11)21-18(26)20-12-4-2-1-3-5-12/h1-9,14-15H,10,19H2,(H,22,23)(H,24,25)(H2,20,21,26)/t14-,15+/m0/s1. The van der Waals surface area contributed by atoms with Crippen LogP contribution in [0.15, 0.2) is 54.6 Å². The third-order valence-electron chi connectivity index (χ3n) is 3.71. The van der Waals surface area contributed by atoms with Crippen LogP contribution in [0.3, 0.4) is 0 Å². The van der Waals surface area contributed by atoms with E-state index in [1.165, 1.54) is 12.1 Å². The highest BCUT2D eigenvalue weighted by Gasteiger charge is 2.25. The second-order valence-electron chi connectivity index (χ2n) is 5.64. The fraction of sp³-hybridized carbons (Fsp3) is 0.167. The lowest BCUT2D eigenvalue weighted by atomic mass is 9.92. The number of carbonyl (C=O) groups excluding carboxylic acids is 1. The maximum atomic E-state index is 11.9. The second-order valence-corrected chi connectivity index (χ2v) is 5.64. The van der Waals surface area contributed by atoms with Crippen molar-refractivity contribution in [2.24, 2.45) is 5.73 Å². The molecule has 2 aromatic rings. The molecule has 2 aromatic carbocycles. The normalized spacial score (nSPS) is 12.7. The van der Waals surface area contributed by atoms with Gasteiger partial charge in [-0.2, -0.15) is 0 Å². The second kappa shape index (κ2) is 8.63. The van der Waals surface area contributed by atoms with Gasteiger partial charge in [-0.1, -0.05) is 30.3 Å². The van der Waals surface area contributed by atoms with Gasteiger partial charge in [0.15, 0.2) is 0 Å². The average molecular weight is 357 g/mol. The monoisotopic (exact) mass is 357 g/mol. The molecule has 26 heavy (non-hydrogen) atoms. The predicted octanol–water partition coefficient (Wildman–Crippen LogP) is 2.30. The van der Waals surface area contributed by atoms with Gasteiger partial charge >= 0.3 is 18.0 Å². The van der Waals surface area contributed by atoms with E-state index in [4.69, 9.17) is 10.8 Å². The number of urea groups is 1. The molecule has 2 rings (SSSR count). The first-order valence-electron chi connectivity index (χ1n) is 7.81. The summed E-state index contributed by atoms with van der Waals surface area (Å²) < 4.78 is 0. The van der Waals surface area contributed by atoms with Crippen LogP contribution in [-0.2, 0) is 9.59 Å². The molecule has 0 aliphatic heterocycles. The molecule has 2 atom stereocenters. The van der Waals surface area contributed by atoms with Crippen LogP contribution in [0.5, 0.6) is 0 Å². The highest BCUT2D eigenvalue weighted by molar-refractivity contribution is 5.99. The molecule has 0 radical (unpaired) electrons. The maximum absolute atomic E-state index is 11.9. The summed E-state index contributed by atoms with van der Waals surface area (Å²) in [6.07, 6.45) is -0.230. The number of nitrogens with two attached hydrogens (primary N) is 1.